The quantitative estimate of drug-likeness (QED) is 0.816. The fourth-order valence-corrected chi connectivity index (χ4v) is 3.02. The van der Waals surface area contributed by atoms with Crippen LogP contribution >= 0.6 is 23.2 Å². The Morgan fingerprint density at radius 3 is 2.38 bits per heavy atom. The third-order valence-corrected chi connectivity index (χ3v) is 4.55. The van der Waals surface area contributed by atoms with Gasteiger partial charge in [0.15, 0.2) is 0 Å². The Morgan fingerprint density at radius 1 is 1.29 bits per heavy atom. The van der Waals surface area contributed by atoms with Crippen molar-refractivity contribution in [2.24, 2.45) is 0 Å². The molecule has 0 aromatic heterocycles. The van der Waals surface area contributed by atoms with E-state index in [-0.39, 0.29) is 21.3 Å². The van der Waals surface area contributed by atoms with Gasteiger partial charge in [-0.2, -0.15) is 0 Å². The van der Waals surface area contributed by atoms with Crippen molar-refractivity contribution >= 4 is 40.8 Å². The highest BCUT2D eigenvalue weighted by Crippen LogP contribution is 2.33. The van der Waals surface area contributed by atoms with Gasteiger partial charge in [-0.25, -0.2) is 4.79 Å². The van der Waals surface area contributed by atoms with Crippen molar-refractivity contribution in [3.05, 3.63) is 27.7 Å². The maximum Gasteiger partial charge on any atom is 0.329 e. The van der Waals surface area contributed by atoms with E-state index in [2.05, 4.69) is 0 Å². The summed E-state index contributed by atoms with van der Waals surface area (Å²) in [5, 5.41) is 9.81. The average Bonchev–Trinajstić information content (AvgIpc) is 2.43. The van der Waals surface area contributed by atoms with Crippen LogP contribution in [0.2, 0.25) is 10.0 Å². The number of carboxylic acids is 1. The summed E-state index contributed by atoms with van der Waals surface area (Å²) in [6.45, 7) is 1.95. The number of rotatable bonds is 2. The molecule has 1 atom stereocenters. The van der Waals surface area contributed by atoms with E-state index in [0.717, 1.165) is 12.8 Å². The first kappa shape index (κ1) is 15.9. The van der Waals surface area contributed by atoms with Gasteiger partial charge in [0.25, 0.3) is 5.91 Å². The van der Waals surface area contributed by atoms with Crippen LogP contribution in [0, 0.1) is 0 Å². The fraction of sp³-hybridized carbons (Fsp3) is 0.429. The predicted molar refractivity (Wildman–Crippen MR) is 81.8 cm³/mol. The molecule has 5 nitrogen and oxygen atoms in total. The van der Waals surface area contributed by atoms with Crippen LogP contribution in [0.4, 0.5) is 5.69 Å². The second kappa shape index (κ2) is 5.73. The van der Waals surface area contributed by atoms with Gasteiger partial charge in [0.05, 0.1) is 15.7 Å². The lowest BCUT2D eigenvalue weighted by Crippen LogP contribution is -2.57. The zero-order valence-corrected chi connectivity index (χ0v) is 13.0. The molecule has 0 bridgehead atoms. The van der Waals surface area contributed by atoms with Crippen LogP contribution in [-0.2, 0) is 4.79 Å². The molecular formula is C14H16Cl2N2O3. The fourth-order valence-electron chi connectivity index (χ4n) is 2.53. The number of likely N-dealkylation sites (tertiary alicyclic amines) is 1. The molecule has 1 saturated heterocycles. The van der Waals surface area contributed by atoms with E-state index in [1.807, 2.05) is 0 Å². The Hall–Kier alpha value is -1.46. The van der Waals surface area contributed by atoms with Crippen molar-refractivity contribution in [1.29, 1.82) is 0 Å². The van der Waals surface area contributed by atoms with Crippen LogP contribution in [0.1, 0.15) is 36.5 Å². The average molecular weight is 331 g/mol. The summed E-state index contributed by atoms with van der Waals surface area (Å²) >= 11 is 11.9. The van der Waals surface area contributed by atoms with E-state index in [4.69, 9.17) is 28.9 Å². The third-order valence-electron chi connectivity index (χ3n) is 3.92. The Balaban J connectivity index is 2.40. The molecule has 1 aliphatic heterocycles. The van der Waals surface area contributed by atoms with Crippen molar-refractivity contribution in [2.75, 3.05) is 12.3 Å². The number of carboxylic acid groups (broad SMARTS) is 1. The highest BCUT2D eigenvalue weighted by Gasteiger charge is 2.44. The van der Waals surface area contributed by atoms with Gasteiger partial charge in [0, 0.05) is 12.1 Å². The van der Waals surface area contributed by atoms with E-state index in [1.54, 1.807) is 6.92 Å². The maximum absolute atomic E-state index is 12.6. The number of benzene rings is 1. The number of carbonyl (C=O) groups is 2. The third kappa shape index (κ3) is 2.80. The minimum absolute atomic E-state index is 0.180. The number of nitrogens with zero attached hydrogens (tertiary/aromatic N) is 1. The van der Waals surface area contributed by atoms with Crippen molar-refractivity contribution in [3.8, 4) is 0 Å². The number of piperidine rings is 1. The molecule has 114 valence electrons. The SMILES string of the molecule is CC1(C(=O)O)CCCCN1C(=O)c1cc(Cl)c(N)c(Cl)c1. The minimum atomic E-state index is -1.21. The number of amides is 1. The van der Waals surface area contributed by atoms with Crippen molar-refractivity contribution in [1.82, 2.24) is 4.90 Å². The van der Waals surface area contributed by atoms with Crippen LogP contribution in [0.5, 0.6) is 0 Å². The maximum atomic E-state index is 12.6. The summed E-state index contributed by atoms with van der Waals surface area (Å²) in [6.07, 6.45) is 1.96. The van der Waals surface area contributed by atoms with Gasteiger partial charge in [-0.15, -0.1) is 0 Å². The molecule has 1 amide bonds. The van der Waals surface area contributed by atoms with E-state index >= 15 is 0 Å². The van der Waals surface area contributed by atoms with E-state index in [1.165, 1.54) is 17.0 Å². The molecule has 21 heavy (non-hydrogen) atoms. The van der Waals surface area contributed by atoms with E-state index in [9.17, 15) is 14.7 Å². The topological polar surface area (TPSA) is 83.6 Å². The van der Waals surface area contributed by atoms with Gasteiger partial charge in [-0.3, -0.25) is 4.79 Å². The normalized spacial score (nSPS) is 22.1. The van der Waals surface area contributed by atoms with Crippen LogP contribution in [0.15, 0.2) is 12.1 Å². The van der Waals surface area contributed by atoms with Gasteiger partial charge < -0.3 is 15.7 Å². The molecule has 0 spiro atoms. The molecule has 3 N–H and O–H groups in total. The summed E-state index contributed by atoms with van der Waals surface area (Å²) in [4.78, 5) is 25.6. The van der Waals surface area contributed by atoms with E-state index < -0.39 is 17.4 Å². The summed E-state index contributed by atoms with van der Waals surface area (Å²) < 4.78 is 0. The molecule has 1 unspecified atom stereocenters. The zero-order chi connectivity index (χ0) is 15.8. The number of hydrogen-bond acceptors (Lipinski definition) is 3. The molecular weight excluding hydrogens is 315 g/mol. The van der Waals surface area contributed by atoms with Crippen molar-refractivity contribution in [2.45, 2.75) is 31.7 Å². The molecule has 7 heteroatoms. The molecule has 0 radical (unpaired) electrons. The molecule has 1 aliphatic rings. The number of nitrogen functional groups attached to an aromatic ring is 1. The number of nitrogens with two attached hydrogens (primary N) is 1. The number of halogens is 2. The lowest BCUT2D eigenvalue weighted by atomic mass is 9.88. The molecule has 1 fully saturated rings. The zero-order valence-electron chi connectivity index (χ0n) is 11.5. The first-order chi connectivity index (χ1) is 9.77. The molecule has 1 aromatic carbocycles. The van der Waals surface area contributed by atoms with Crippen molar-refractivity contribution < 1.29 is 14.7 Å². The molecule has 1 heterocycles. The first-order valence-electron chi connectivity index (χ1n) is 6.57. The molecule has 0 aliphatic carbocycles. The Labute approximate surface area is 132 Å². The Kier molecular flexibility index (Phi) is 4.35. The smallest absolute Gasteiger partial charge is 0.329 e. The largest absolute Gasteiger partial charge is 0.480 e. The second-order valence-electron chi connectivity index (χ2n) is 5.35. The van der Waals surface area contributed by atoms with Crippen LogP contribution in [-0.4, -0.2) is 34.0 Å². The highest BCUT2D eigenvalue weighted by molar-refractivity contribution is 6.39. The van der Waals surface area contributed by atoms with Crippen LogP contribution in [0.3, 0.4) is 0 Å². The number of anilines is 1. The van der Waals surface area contributed by atoms with Gasteiger partial charge in [-0.1, -0.05) is 23.2 Å². The Bertz CT molecular complexity index is 583. The standard InChI is InChI=1S/C14H16Cl2N2O3/c1-14(13(20)21)4-2-3-5-18(14)12(19)8-6-9(15)11(17)10(16)7-8/h6-7H,2-5,17H2,1H3,(H,20,21). The molecule has 1 aromatic rings. The second-order valence-corrected chi connectivity index (χ2v) is 6.16. The highest BCUT2D eigenvalue weighted by atomic mass is 35.5. The number of aliphatic carboxylic acids is 1. The summed E-state index contributed by atoms with van der Waals surface area (Å²) in [6, 6.07) is 2.84. The van der Waals surface area contributed by atoms with Crippen LogP contribution in [0.25, 0.3) is 0 Å². The predicted octanol–water partition coefficient (Wildman–Crippen LogP) is 3.05. The van der Waals surface area contributed by atoms with Gasteiger partial charge in [0.1, 0.15) is 5.54 Å². The van der Waals surface area contributed by atoms with Gasteiger partial charge in [0.2, 0.25) is 0 Å². The number of hydrogen-bond donors (Lipinski definition) is 2. The molecule has 0 saturated carbocycles. The van der Waals surface area contributed by atoms with Crippen LogP contribution < -0.4 is 5.73 Å². The summed E-state index contributed by atoms with van der Waals surface area (Å²) in [7, 11) is 0. The monoisotopic (exact) mass is 330 g/mol. The molecule has 2 rings (SSSR count). The van der Waals surface area contributed by atoms with E-state index in [0.29, 0.717) is 13.0 Å². The first-order valence-corrected chi connectivity index (χ1v) is 7.33. The minimum Gasteiger partial charge on any atom is -0.480 e. The van der Waals surface area contributed by atoms with Gasteiger partial charge in [-0.05, 0) is 38.3 Å². The Morgan fingerprint density at radius 2 is 1.86 bits per heavy atom. The number of carbonyl (C=O) groups excluding carboxylic acids is 1. The summed E-state index contributed by atoms with van der Waals surface area (Å²) in [5.74, 6) is -1.41. The lowest BCUT2D eigenvalue weighted by Gasteiger charge is -2.41. The van der Waals surface area contributed by atoms with Crippen molar-refractivity contribution in [3.63, 3.8) is 0 Å². The van der Waals surface area contributed by atoms with Gasteiger partial charge >= 0.3 is 5.97 Å². The summed E-state index contributed by atoms with van der Waals surface area (Å²) in [5.41, 5.74) is 4.88. The lowest BCUT2D eigenvalue weighted by molar-refractivity contribution is -0.150.